The average Bonchev–Trinajstić information content (AvgIpc) is 3.00. The first-order valence-electron chi connectivity index (χ1n) is 7.52. The number of hydrogen-bond donors (Lipinski definition) is 2. The number of ether oxygens (including phenoxy) is 1. The number of anilines is 1. The Morgan fingerprint density at radius 2 is 2.00 bits per heavy atom. The highest BCUT2D eigenvalue weighted by Gasteiger charge is 2.19. The van der Waals surface area contributed by atoms with E-state index in [0.29, 0.717) is 10.6 Å². The Labute approximate surface area is 149 Å². The first kappa shape index (κ1) is 18.2. The van der Waals surface area contributed by atoms with Crippen molar-refractivity contribution in [2.75, 3.05) is 11.9 Å². The summed E-state index contributed by atoms with van der Waals surface area (Å²) in [5.74, 6) is -1.31. The average molecular weight is 355 g/mol. The van der Waals surface area contributed by atoms with Gasteiger partial charge in [0.05, 0.1) is 12.2 Å². The minimum atomic E-state index is -0.829. The fourth-order valence-electron chi connectivity index (χ4n) is 2.15. The number of esters is 1. The Morgan fingerprint density at radius 3 is 2.56 bits per heavy atom. The van der Waals surface area contributed by atoms with E-state index in [-0.39, 0.29) is 17.9 Å². The molecule has 2 aromatic rings. The van der Waals surface area contributed by atoms with Gasteiger partial charge in [0, 0.05) is 10.6 Å². The van der Waals surface area contributed by atoms with Crippen LogP contribution < -0.4 is 11.1 Å². The summed E-state index contributed by atoms with van der Waals surface area (Å²) in [4.78, 5) is 24.4. The molecule has 1 aromatic carbocycles. The zero-order chi connectivity index (χ0) is 18.4. The lowest BCUT2D eigenvalue weighted by molar-refractivity contribution is -0.114. The number of hydrogen-bond acceptors (Lipinski definition) is 6. The van der Waals surface area contributed by atoms with Gasteiger partial charge < -0.3 is 15.8 Å². The van der Waals surface area contributed by atoms with Gasteiger partial charge in [-0.3, -0.25) is 4.79 Å². The number of nitriles is 1. The zero-order valence-electron chi connectivity index (χ0n) is 13.8. The molecule has 0 saturated carbocycles. The number of nitrogens with one attached hydrogen (secondary N) is 1. The number of primary amides is 1. The number of carbonyl (C=O) groups is 2. The van der Waals surface area contributed by atoms with Gasteiger partial charge in [0.15, 0.2) is 0 Å². The second-order valence-electron chi connectivity index (χ2n) is 5.04. The Morgan fingerprint density at radius 1 is 1.32 bits per heavy atom. The molecule has 0 bridgehead atoms. The van der Waals surface area contributed by atoms with Gasteiger partial charge in [-0.05, 0) is 25.5 Å². The number of nitrogens with two attached hydrogens (primary N) is 1. The molecule has 0 saturated heterocycles. The molecular formula is C18H17N3O3S. The molecule has 128 valence electrons. The van der Waals surface area contributed by atoms with Crippen LogP contribution in [0.25, 0.3) is 10.4 Å². The molecule has 0 fully saturated rings. The lowest BCUT2D eigenvalue weighted by atomic mass is 10.1. The van der Waals surface area contributed by atoms with Gasteiger partial charge >= 0.3 is 5.97 Å². The van der Waals surface area contributed by atoms with E-state index in [0.717, 1.165) is 10.4 Å². The van der Waals surface area contributed by atoms with E-state index in [4.69, 9.17) is 15.7 Å². The molecule has 7 heteroatoms. The van der Waals surface area contributed by atoms with Gasteiger partial charge in [-0.15, -0.1) is 11.3 Å². The van der Waals surface area contributed by atoms with Crippen molar-refractivity contribution < 1.29 is 14.3 Å². The fraction of sp³-hybridized carbons (Fsp3) is 0.167. The van der Waals surface area contributed by atoms with E-state index < -0.39 is 11.9 Å². The van der Waals surface area contributed by atoms with Crippen LogP contribution in [0.5, 0.6) is 0 Å². The Kier molecular flexibility index (Phi) is 5.93. The Bertz CT molecular complexity index is 863. The highest BCUT2D eigenvalue weighted by atomic mass is 32.1. The van der Waals surface area contributed by atoms with Crippen LogP contribution in [0.2, 0.25) is 0 Å². The second-order valence-corrected chi connectivity index (χ2v) is 6.09. The molecule has 1 amide bonds. The lowest BCUT2D eigenvalue weighted by Crippen LogP contribution is -2.17. The molecule has 3 N–H and O–H groups in total. The number of thiophene rings is 1. The van der Waals surface area contributed by atoms with Gasteiger partial charge in [-0.1, -0.05) is 30.3 Å². The minimum Gasteiger partial charge on any atom is -0.462 e. The highest BCUT2D eigenvalue weighted by molar-refractivity contribution is 7.19. The molecule has 1 aromatic heterocycles. The summed E-state index contributed by atoms with van der Waals surface area (Å²) in [5.41, 5.74) is 6.57. The van der Waals surface area contributed by atoms with Crippen LogP contribution in [-0.2, 0) is 9.53 Å². The van der Waals surface area contributed by atoms with E-state index in [9.17, 15) is 9.59 Å². The van der Waals surface area contributed by atoms with Crippen molar-refractivity contribution in [1.29, 1.82) is 5.26 Å². The van der Waals surface area contributed by atoms with E-state index in [1.54, 1.807) is 26.0 Å². The molecule has 0 unspecified atom stereocenters. The summed E-state index contributed by atoms with van der Waals surface area (Å²) in [5, 5.41) is 12.5. The number of amides is 1. The maximum atomic E-state index is 12.2. The maximum Gasteiger partial charge on any atom is 0.341 e. The summed E-state index contributed by atoms with van der Waals surface area (Å²) < 4.78 is 5.09. The van der Waals surface area contributed by atoms with E-state index in [2.05, 4.69) is 5.32 Å². The van der Waals surface area contributed by atoms with Crippen LogP contribution >= 0.6 is 11.3 Å². The lowest BCUT2D eigenvalue weighted by Gasteiger charge is -2.08. The second kappa shape index (κ2) is 8.13. The van der Waals surface area contributed by atoms with E-state index >= 15 is 0 Å². The molecular weight excluding hydrogens is 338 g/mol. The third kappa shape index (κ3) is 4.25. The molecule has 0 spiro atoms. The standard InChI is InChI=1S/C18H17N3O3S/c1-3-24-18(23)13-9-15(12-7-5-4-6-8-12)25-17(13)21-11(2)14(10-19)16(20)22/h4-9,21H,3H2,1-2H3,(H2,20,22). The third-order valence-electron chi connectivity index (χ3n) is 3.32. The summed E-state index contributed by atoms with van der Waals surface area (Å²) in [7, 11) is 0. The van der Waals surface area contributed by atoms with Crippen molar-refractivity contribution in [2.45, 2.75) is 13.8 Å². The molecule has 2 rings (SSSR count). The number of rotatable bonds is 6. The molecule has 6 nitrogen and oxygen atoms in total. The normalized spacial score (nSPS) is 11.2. The SMILES string of the molecule is CCOC(=O)c1cc(-c2ccccc2)sc1NC(C)=C(C#N)C(N)=O. The van der Waals surface area contributed by atoms with Crippen LogP contribution in [0.1, 0.15) is 24.2 Å². The van der Waals surface area contributed by atoms with Crippen LogP contribution in [0.15, 0.2) is 47.7 Å². The third-order valence-corrected chi connectivity index (χ3v) is 4.42. The Balaban J connectivity index is 2.48. The molecule has 0 aliphatic carbocycles. The van der Waals surface area contributed by atoms with Crippen LogP contribution in [0.3, 0.4) is 0 Å². The minimum absolute atomic E-state index is 0.190. The summed E-state index contributed by atoms with van der Waals surface area (Å²) in [6.45, 7) is 3.52. The molecule has 1 heterocycles. The topological polar surface area (TPSA) is 105 Å². The maximum absolute atomic E-state index is 12.2. The Hall–Kier alpha value is -3.11. The number of benzene rings is 1. The van der Waals surface area contributed by atoms with Gasteiger partial charge in [-0.2, -0.15) is 5.26 Å². The first-order valence-corrected chi connectivity index (χ1v) is 8.33. The van der Waals surface area contributed by atoms with Crippen LogP contribution in [0.4, 0.5) is 5.00 Å². The fourth-order valence-corrected chi connectivity index (χ4v) is 3.25. The number of nitrogens with zero attached hydrogens (tertiary/aromatic N) is 1. The predicted molar refractivity (Wildman–Crippen MR) is 96.8 cm³/mol. The first-order chi connectivity index (χ1) is 12.0. The van der Waals surface area contributed by atoms with Crippen LogP contribution in [0, 0.1) is 11.3 Å². The summed E-state index contributed by atoms with van der Waals surface area (Å²) >= 11 is 1.33. The molecule has 0 aliphatic rings. The summed E-state index contributed by atoms with van der Waals surface area (Å²) in [6.07, 6.45) is 0. The smallest absolute Gasteiger partial charge is 0.341 e. The van der Waals surface area contributed by atoms with Crippen molar-refractivity contribution in [3.05, 3.63) is 53.2 Å². The number of carbonyl (C=O) groups excluding carboxylic acids is 2. The van der Waals surface area contributed by atoms with Crippen molar-refractivity contribution in [3.8, 4) is 16.5 Å². The van der Waals surface area contributed by atoms with Gasteiger partial charge in [0.1, 0.15) is 16.6 Å². The highest BCUT2D eigenvalue weighted by Crippen LogP contribution is 2.36. The predicted octanol–water partition coefficient (Wildman–Crippen LogP) is 3.29. The van der Waals surface area contributed by atoms with E-state index in [1.165, 1.54) is 11.3 Å². The molecule has 0 radical (unpaired) electrons. The largest absolute Gasteiger partial charge is 0.462 e. The summed E-state index contributed by atoms with van der Waals surface area (Å²) in [6, 6.07) is 13.1. The van der Waals surface area contributed by atoms with Gasteiger partial charge in [0.2, 0.25) is 0 Å². The van der Waals surface area contributed by atoms with Gasteiger partial charge in [0.25, 0.3) is 5.91 Å². The van der Waals surface area contributed by atoms with Crippen molar-refractivity contribution in [2.24, 2.45) is 5.73 Å². The van der Waals surface area contributed by atoms with Crippen molar-refractivity contribution in [1.82, 2.24) is 0 Å². The monoisotopic (exact) mass is 355 g/mol. The van der Waals surface area contributed by atoms with Crippen LogP contribution in [-0.4, -0.2) is 18.5 Å². The molecule has 0 atom stereocenters. The van der Waals surface area contributed by atoms with Crippen molar-refractivity contribution >= 4 is 28.2 Å². The molecule has 25 heavy (non-hydrogen) atoms. The molecule has 0 aliphatic heterocycles. The van der Waals surface area contributed by atoms with Gasteiger partial charge in [-0.25, -0.2) is 4.79 Å². The van der Waals surface area contributed by atoms with Crippen molar-refractivity contribution in [3.63, 3.8) is 0 Å². The zero-order valence-corrected chi connectivity index (χ0v) is 14.6. The number of allylic oxidation sites excluding steroid dienone is 1. The van der Waals surface area contributed by atoms with E-state index in [1.807, 2.05) is 30.3 Å². The quantitative estimate of drug-likeness (QED) is 0.470.